The van der Waals surface area contributed by atoms with Gasteiger partial charge in [-0.2, -0.15) is 0 Å². The normalized spacial score (nSPS) is 12.0. The van der Waals surface area contributed by atoms with Crippen LogP contribution in [0.5, 0.6) is 11.5 Å². The number of ether oxygens (including phenoxy) is 2. The number of halogens is 1. The van der Waals surface area contributed by atoms with E-state index in [0.29, 0.717) is 34.3 Å². The van der Waals surface area contributed by atoms with E-state index in [2.05, 4.69) is 10.0 Å². The van der Waals surface area contributed by atoms with Gasteiger partial charge in [0, 0.05) is 16.4 Å². The molecular formula is C23H23ClN2O5S. The summed E-state index contributed by atoms with van der Waals surface area (Å²) in [4.78, 5) is 12.7. The number of rotatable bonds is 9. The van der Waals surface area contributed by atoms with Crippen LogP contribution in [0.2, 0.25) is 5.02 Å². The SMILES string of the molecule is CC[C@@H](Oc1cccc(Cl)c1)C(=O)Nc1ccc(S(=O)(=O)Nc2ccc(OC)cc2)cc1. The number of nitrogens with one attached hydrogen (secondary N) is 2. The smallest absolute Gasteiger partial charge is 0.265 e. The average Bonchev–Trinajstić information content (AvgIpc) is 2.78. The highest BCUT2D eigenvalue weighted by molar-refractivity contribution is 7.92. The lowest BCUT2D eigenvalue weighted by atomic mass is 10.2. The van der Waals surface area contributed by atoms with E-state index in [0.717, 1.165) is 0 Å². The highest BCUT2D eigenvalue weighted by atomic mass is 35.5. The van der Waals surface area contributed by atoms with Gasteiger partial charge in [0.25, 0.3) is 15.9 Å². The van der Waals surface area contributed by atoms with E-state index < -0.39 is 16.1 Å². The van der Waals surface area contributed by atoms with Crippen LogP contribution in [0, 0.1) is 0 Å². The molecule has 0 fully saturated rings. The summed E-state index contributed by atoms with van der Waals surface area (Å²) in [5, 5.41) is 3.25. The Morgan fingerprint density at radius 1 is 0.969 bits per heavy atom. The van der Waals surface area contributed by atoms with Gasteiger partial charge in [-0.3, -0.25) is 9.52 Å². The minimum atomic E-state index is -3.78. The van der Waals surface area contributed by atoms with Crippen LogP contribution in [-0.2, 0) is 14.8 Å². The summed E-state index contributed by atoms with van der Waals surface area (Å²) >= 11 is 5.96. The molecule has 168 valence electrons. The molecule has 3 aromatic carbocycles. The van der Waals surface area contributed by atoms with Gasteiger partial charge in [0.05, 0.1) is 12.0 Å². The van der Waals surface area contributed by atoms with Crippen molar-refractivity contribution in [2.45, 2.75) is 24.3 Å². The van der Waals surface area contributed by atoms with E-state index in [1.807, 2.05) is 6.92 Å². The molecule has 0 aliphatic rings. The van der Waals surface area contributed by atoms with Crippen molar-refractivity contribution >= 4 is 38.9 Å². The summed E-state index contributed by atoms with van der Waals surface area (Å²) in [5.74, 6) is 0.766. The van der Waals surface area contributed by atoms with Gasteiger partial charge in [0.15, 0.2) is 6.10 Å². The Hall–Kier alpha value is -3.23. The molecule has 0 spiro atoms. The molecule has 3 rings (SSSR count). The summed E-state index contributed by atoms with van der Waals surface area (Å²) in [6.45, 7) is 1.83. The average molecular weight is 475 g/mol. The summed E-state index contributed by atoms with van der Waals surface area (Å²) in [6, 6.07) is 19.2. The van der Waals surface area contributed by atoms with Crippen LogP contribution >= 0.6 is 11.6 Å². The lowest BCUT2D eigenvalue weighted by Gasteiger charge is -2.17. The number of sulfonamides is 1. The van der Waals surface area contributed by atoms with E-state index in [9.17, 15) is 13.2 Å². The summed E-state index contributed by atoms with van der Waals surface area (Å²) in [5.41, 5.74) is 0.860. The molecule has 0 bridgehead atoms. The second-order valence-electron chi connectivity index (χ2n) is 6.82. The Labute approximate surface area is 192 Å². The summed E-state index contributed by atoms with van der Waals surface area (Å²) in [6.07, 6.45) is -0.287. The van der Waals surface area contributed by atoms with Crippen molar-refractivity contribution in [3.05, 3.63) is 77.8 Å². The fourth-order valence-electron chi connectivity index (χ4n) is 2.84. The van der Waals surface area contributed by atoms with Crippen LogP contribution in [0.15, 0.2) is 77.7 Å². The number of benzene rings is 3. The van der Waals surface area contributed by atoms with Gasteiger partial charge in [-0.15, -0.1) is 0 Å². The predicted octanol–water partition coefficient (Wildman–Crippen LogP) is 4.95. The van der Waals surface area contributed by atoms with Gasteiger partial charge >= 0.3 is 0 Å². The highest BCUT2D eigenvalue weighted by Gasteiger charge is 2.19. The molecule has 1 atom stereocenters. The van der Waals surface area contributed by atoms with E-state index >= 15 is 0 Å². The third-order valence-corrected chi connectivity index (χ3v) is 6.14. The van der Waals surface area contributed by atoms with Crippen molar-refractivity contribution in [1.29, 1.82) is 0 Å². The molecule has 2 N–H and O–H groups in total. The van der Waals surface area contributed by atoms with Crippen LogP contribution in [0.4, 0.5) is 11.4 Å². The molecule has 0 aromatic heterocycles. The summed E-state index contributed by atoms with van der Waals surface area (Å²) < 4.78 is 38.5. The Balaban J connectivity index is 1.65. The third-order valence-electron chi connectivity index (χ3n) is 4.51. The van der Waals surface area contributed by atoms with E-state index in [1.165, 1.54) is 31.4 Å². The fraction of sp³-hybridized carbons (Fsp3) is 0.174. The highest BCUT2D eigenvalue weighted by Crippen LogP contribution is 2.22. The lowest BCUT2D eigenvalue weighted by molar-refractivity contribution is -0.122. The van der Waals surface area contributed by atoms with Crippen molar-refractivity contribution < 1.29 is 22.7 Å². The first kappa shape index (κ1) is 23.4. The molecule has 0 aliphatic carbocycles. The van der Waals surface area contributed by atoms with Crippen LogP contribution < -0.4 is 19.5 Å². The van der Waals surface area contributed by atoms with Gasteiger partial charge in [0.2, 0.25) is 0 Å². The first-order chi connectivity index (χ1) is 15.3. The number of carbonyl (C=O) groups excluding carboxylic acids is 1. The molecule has 7 nitrogen and oxygen atoms in total. The van der Waals surface area contributed by atoms with Gasteiger partial charge in [0.1, 0.15) is 11.5 Å². The predicted molar refractivity (Wildman–Crippen MR) is 125 cm³/mol. The maximum Gasteiger partial charge on any atom is 0.265 e. The zero-order chi connectivity index (χ0) is 23.1. The topological polar surface area (TPSA) is 93.7 Å². The molecule has 9 heteroatoms. The molecule has 0 unspecified atom stereocenters. The van der Waals surface area contributed by atoms with Crippen LogP contribution in [0.25, 0.3) is 0 Å². The Kier molecular flexibility index (Phi) is 7.61. The quantitative estimate of drug-likeness (QED) is 0.458. The maximum absolute atomic E-state index is 12.6. The van der Waals surface area contributed by atoms with Crippen LogP contribution in [0.1, 0.15) is 13.3 Å². The first-order valence-corrected chi connectivity index (χ1v) is 11.7. The minimum Gasteiger partial charge on any atom is -0.497 e. The molecule has 0 heterocycles. The van der Waals surface area contributed by atoms with Crippen molar-refractivity contribution in [2.75, 3.05) is 17.1 Å². The number of hydrogen-bond donors (Lipinski definition) is 2. The van der Waals surface area contributed by atoms with E-state index in [1.54, 1.807) is 48.5 Å². The van der Waals surface area contributed by atoms with Crippen molar-refractivity contribution in [2.24, 2.45) is 0 Å². The fourth-order valence-corrected chi connectivity index (χ4v) is 4.08. The zero-order valence-corrected chi connectivity index (χ0v) is 19.1. The minimum absolute atomic E-state index is 0.0635. The van der Waals surface area contributed by atoms with Gasteiger partial charge in [-0.05, 0) is 73.2 Å². The standard InChI is InChI=1S/C23H23ClN2O5S/c1-3-22(31-20-6-4-5-16(24)15-20)23(27)25-17-9-13-21(14-10-17)32(28,29)26-18-7-11-19(30-2)12-8-18/h4-15,22,26H,3H2,1-2H3,(H,25,27)/t22-/m1/s1. The number of amides is 1. The second-order valence-corrected chi connectivity index (χ2v) is 8.94. The number of anilines is 2. The molecule has 32 heavy (non-hydrogen) atoms. The van der Waals surface area contributed by atoms with Gasteiger partial charge in [-0.25, -0.2) is 8.42 Å². The number of carbonyl (C=O) groups is 1. The Morgan fingerprint density at radius 2 is 1.62 bits per heavy atom. The van der Waals surface area contributed by atoms with Gasteiger partial charge < -0.3 is 14.8 Å². The Morgan fingerprint density at radius 3 is 2.22 bits per heavy atom. The molecule has 0 saturated heterocycles. The zero-order valence-electron chi connectivity index (χ0n) is 17.5. The third kappa shape index (κ3) is 6.15. The summed E-state index contributed by atoms with van der Waals surface area (Å²) in [7, 11) is -2.25. The molecule has 0 radical (unpaired) electrons. The van der Waals surface area contributed by atoms with Crippen molar-refractivity contribution in [3.63, 3.8) is 0 Å². The first-order valence-electron chi connectivity index (χ1n) is 9.81. The largest absolute Gasteiger partial charge is 0.497 e. The monoisotopic (exact) mass is 474 g/mol. The second kappa shape index (κ2) is 10.4. The number of hydrogen-bond acceptors (Lipinski definition) is 5. The van der Waals surface area contributed by atoms with Crippen LogP contribution in [-0.4, -0.2) is 27.5 Å². The van der Waals surface area contributed by atoms with Crippen molar-refractivity contribution in [1.82, 2.24) is 0 Å². The maximum atomic E-state index is 12.6. The molecule has 0 saturated carbocycles. The number of methoxy groups -OCH3 is 1. The van der Waals surface area contributed by atoms with Gasteiger partial charge in [-0.1, -0.05) is 24.6 Å². The van der Waals surface area contributed by atoms with Crippen LogP contribution in [0.3, 0.4) is 0 Å². The lowest BCUT2D eigenvalue weighted by Crippen LogP contribution is -2.32. The molecule has 1 amide bonds. The molecule has 0 aliphatic heterocycles. The molecular weight excluding hydrogens is 452 g/mol. The molecule has 3 aromatic rings. The van der Waals surface area contributed by atoms with E-state index in [-0.39, 0.29) is 10.8 Å². The Bertz CT molecular complexity index is 1170. The van der Waals surface area contributed by atoms with Crippen molar-refractivity contribution in [3.8, 4) is 11.5 Å². The van der Waals surface area contributed by atoms with E-state index in [4.69, 9.17) is 21.1 Å².